The van der Waals surface area contributed by atoms with Crippen LogP contribution in [0, 0.1) is 0 Å². The molecule has 0 aromatic carbocycles. The summed E-state index contributed by atoms with van der Waals surface area (Å²) in [6, 6.07) is 0.660. The summed E-state index contributed by atoms with van der Waals surface area (Å²) in [5, 5.41) is 4.97. The maximum absolute atomic E-state index is 5.54. The molecule has 0 radical (unpaired) electrons. The van der Waals surface area contributed by atoms with Gasteiger partial charge in [0.25, 0.3) is 0 Å². The molecule has 84 valence electrons. The first-order chi connectivity index (χ1) is 6.77. The molecule has 1 aliphatic rings. The summed E-state index contributed by atoms with van der Waals surface area (Å²) in [6.45, 7) is 9.66. The van der Waals surface area contributed by atoms with Gasteiger partial charge in [-0.3, -0.25) is 0 Å². The molecule has 1 heterocycles. The van der Waals surface area contributed by atoms with E-state index in [0.29, 0.717) is 11.3 Å². The molecule has 0 spiro atoms. The van der Waals surface area contributed by atoms with Crippen LogP contribution in [-0.4, -0.2) is 36.3 Å². The molecule has 1 fully saturated rings. The second-order valence-corrected chi connectivity index (χ2v) is 5.60. The highest BCUT2D eigenvalue weighted by Crippen LogP contribution is 2.26. The van der Waals surface area contributed by atoms with Gasteiger partial charge in [0.2, 0.25) is 0 Å². The first kappa shape index (κ1) is 12.3. The van der Waals surface area contributed by atoms with Gasteiger partial charge in [-0.25, -0.2) is 0 Å². The van der Waals surface area contributed by atoms with Gasteiger partial charge in [0.1, 0.15) is 0 Å². The number of nitrogens with one attached hydrogen (secondary N) is 1. The number of thioether (sulfide) groups is 1. The van der Waals surface area contributed by atoms with Crippen molar-refractivity contribution >= 4 is 11.8 Å². The lowest BCUT2D eigenvalue weighted by molar-refractivity contribution is 0.0835. The van der Waals surface area contributed by atoms with Crippen LogP contribution in [-0.2, 0) is 4.74 Å². The SMILES string of the molecule is CCNC1CCOCC1SC(C)CC. The van der Waals surface area contributed by atoms with Crippen LogP contribution in [0.1, 0.15) is 33.6 Å². The molecule has 0 aliphatic carbocycles. The van der Waals surface area contributed by atoms with E-state index >= 15 is 0 Å². The fourth-order valence-electron chi connectivity index (χ4n) is 1.74. The maximum Gasteiger partial charge on any atom is 0.0600 e. The van der Waals surface area contributed by atoms with E-state index in [4.69, 9.17) is 4.74 Å². The fraction of sp³-hybridized carbons (Fsp3) is 1.00. The van der Waals surface area contributed by atoms with Crippen LogP contribution in [0.3, 0.4) is 0 Å². The average molecular weight is 217 g/mol. The largest absolute Gasteiger partial charge is 0.380 e. The summed E-state index contributed by atoms with van der Waals surface area (Å²) >= 11 is 2.08. The molecule has 1 rings (SSSR count). The fourth-order valence-corrected chi connectivity index (χ4v) is 3.12. The minimum absolute atomic E-state index is 0.652. The van der Waals surface area contributed by atoms with Gasteiger partial charge < -0.3 is 10.1 Å². The molecule has 3 atom stereocenters. The van der Waals surface area contributed by atoms with Crippen LogP contribution in [0.15, 0.2) is 0 Å². The Labute approximate surface area is 92.2 Å². The highest BCUT2D eigenvalue weighted by Gasteiger charge is 2.26. The Morgan fingerprint density at radius 1 is 1.50 bits per heavy atom. The van der Waals surface area contributed by atoms with Crippen LogP contribution in [0.5, 0.6) is 0 Å². The highest BCUT2D eigenvalue weighted by molar-refractivity contribution is 8.00. The van der Waals surface area contributed by atoms with E-state index in [9.17, 15) is 0 Å². The molecule has 14 heavy (non-hydrogen) atoms. The molecule has 1 N–H and O–H groups in total. The summed E-state index contributed by atoms with van der Waals surface area (Å²) < 4.78 is 5.54. The van der Waals surface area contributed by atoms with Crippen molar-refractivity contribution in [2.75, 3.05) is 19.8 Å². The average Bonchev–Trinajstić information content (AvgIpc) is 2.21. The lowest BCUT2D eigenvalue weighted by atomic mass is 10.1. The molecule has 1 saturated heterocycles. The van der Waals surface area contributed by atoms with Gasteiger partial charge in [-0.2, -0.15) is 11.8 Å². The molecule has 0 aromatic heterocycles. The van der Waals surface area contributed by atoms with Gasteiger partial charge in [0, 0.05) is 23.1 Å². The van der Waals surface area contributed by atoms with Crippen molar-refractivity contribution in [3.8, 4) is 0 Å². The van der Waals surface area contributed by atoms with E-state index in [1.807, 2.05) is 0 Å². The Morgan fingerprint density at radius 3 is 2.93 bits per heavy atom. The zero-order valence-corrected chi connectivity index (χ0v) is 10.4. The van der Waals surface area contributed by atoms with Gasteiger partial charge in [-0.05, 0) is 19.4 Å². The topological polar surface area (TPSA) is 21.3 Å². The minimum Gasteiger partial charge on any atom is -0.380 e. The number of rotatable bonds is 5. The van der Waals surface area contributed by atoms with Gasteiger partial charge in [0.15, 0.2) is 0 Å². The lowest BCUT2D eigenvalue weighted by Gasteiger charge is -2.33. The van der Waals surface area contributed by atoms with Crippen molar-refractivity contribution < 1.29 is 4.74 Å². The third-order valence-electron chi connectivity index (χ3n) is 2.75. The second-order valence-electron chi connectivity index (χ2n) is 3.92. The minimum atomic E-state index is 0.652. The van der Waals surface area contributed by atoms with E-state index in [-0.39, 0.29) is 0 Å². The van der Waals surface area contributed by atoms with Crippen molar-refractivity contribution in [3.05, 3.63) is 0 Å². The van der Waals surface area contributed by atoms with Crippen molar-refractivity contribution in [2.45, 2.75) is 50.2 Å². The zero-order valence-electron chi connectivity index (χ0n) is 9.58. The van der Waals surface area contributed by atoms with Gasteiger partial charge in [-0.1, -0.05) is 20.8 Å². The molecular weight excluding hydrogens is 194 g/mol. The van der Waals surface area contributed by atoms with E-state index in [2.05, 4.69) is 37.8 Å². The van der Waals surface area contributed by atoms with E-state index in [0.717, 1.165) is 25.0 Å². The predicted molar refractivity (Wildman–Crippen MR) is 64.0 cm³/mol. The van der Waals surface area contributed by atoms with Gasteiger partial charge in [0.05, 0.1) is 6.61 Å². The smallest absolute Gasteiger partial charge is 0.0600 e. The Bertz CT molecular complexity index is 152. The van der Waals surface area contributed by atoms with Gasteiger partial charge in [-0.15, -0.1) is 0 Å². The normalized spacial score (nSPS) is 30.2. The number of hydrogen-bond donors (Lipinski definition) is 1. The summed E-state index contributed by atoms with van der Waals surface area (Å²) in [4.78, 5) is 0. The van der Waals surface area contributed by atoms with Crippen molar-refractivity contribution in [1.82, 2.24) is 5.32 Å². The summed E-state index contributed by atoms with van der Waals surface area (Å²) in [5.74, 6) is 0. The third-order valence-corrected chi connectivity index (χ3v) is 4.36. The third kappa shape index (κ3) is 3.79. The molecule has 0 aromatic rings. The van der Waals surface area contributed by atoms with Crippen LogP contribution in [0.25, 0.3) is 0 Å². The Kier molecular flexibility index (Phi) is 5.90. The highest BCUT2D eigenvalue weighted by atomic mass is 32.2. The molecule has 3 heteroatoms. The van der Waals surface area contributed by atoms with Crippen molar-refractivity contribution in [1.29, 1.82) is 0 Å². The molecule has 0 bridgehead atoms. The van der Waals surface area contributed by atoms with Crippen molar-refractivity contribution in [3.63, 3.8) is 0 Å². The summed E-state index contributed by atoms with van der Waals surface area (Å²) in [5.41, 5.74) is 0. The van der Waals surface area contributed by atoms with Crippen LogP contribution < -0.4 is 5.32 Å². The lowest BCUT2D eigenvalue weighted by Crippen LogP contribution is -2.45. The Balaban J connectivity index is 2.37. The summed E-state index contributed by atoms with van der Waals surface area (Å²) in [6.07, 6.45) is 2.42. The monoisotopic (exact) mass is 217 g/mol. The maximum atomic E-state index is 5.54. The van der Waals surface area contributed by atoms with E-state index in [1.165, 1.54) is 12.8 Å². The van der Waals surface area contributed by atoms with E-state index in [1.54, 1.807) is 0 Å². The Hall–Kier alpha value is 0.270. The number of hydrogen-bond acceptors (Lipinski definition) is 3. The predicted octanol–water partition coefficient (Wildman–Crippen LogP) is 2.29. The van der Waals surface area contributed by atoms with Gasteiger partial charge >= 0.3 is 0 Å². The van der Waals surface area contributed by atoms with Crippen LogP contribution in [0.2, 0.25) is 0 Å². The molecule has 0 amide bonds. The molecule has 3 unspecified atom stereocenters. The van der Waals surface area contributed by atoms with Crippen LogP contribution in [0.4, 0.5) is 0 Å². The Morgan fingerprint density at radius 2 is 2.29 bits per heavy atom. The summed E-state index contributed by atoms with van der Waals surface area (Å²) in [7, 11) is 0. The molecule has 0 saturated carbocycles. The standard InChI is InChI=1S/C11H23NOS/c1-4-9(3)14-11-8-13-7-6-10(11)12-5-2/h9-12H,4-8H2,1-3H3. The first-order valence-corrected chi connectivity index (χ1v) is 6.68. The van der Waals surface area contributed by atoms with Crippen LogP contribution >= 0.6 is 11.8 Å². The zero-order chi connectivity index (χ0) is 10.4. The molecular formula is C11H23NOS. The van der Waals surface area contributed by atoms with Crippen molar-refractivity contribution in [2.24, 2.45) is 0 Å². The number of ether oxygens (including phenoxy) is 1. The van der Waals surface area contributed by atoms with E-state index < -0.39 is 0 Å². The molecule has 2 nitrogen and oxygen atoms in total. The molecule has 1 aliphatic heterocycles. The second kappa shape index (κ2) is 6.70. The first-order valence-electron chi connectivity index (χ1n) is 5.74. The quantitative estimate of drug-likeness (QED) is 0.763.